The van der Waals surface area contributed by atoms with Gasteiger partial charge in [0.25, 0.3) is 0 Å². The average Bonchev–Trinajstić information content (AvgIpc) is 1.93. The predicted octanol–water partition coefficient (Wildman–Crippen LogP) is 1.82. The molecular formula is C8H17NS. The summed E-state index contributed by atoms with van der Waals surface area (Å²) in [5, 5.41) is 0.549. The summed E-state index contributed by atoms with van der Waals surface area (Å²) in [4.78, 5) is 0. The van der Waals surface area contributed by atoms with Crippen molar-refractivity contribution in [3.8, 4) is 0 Å². The Morgan fingerprint density at radius 2 is 2.00 bits per heavy atom. The molecule has 1 nitrogen and oxygen atoms in total. The van der Waals surface area contributed by atoms with Crippen LogP contribution in [0.15, 0.2) is 0 Å². The third-order valence-corrected chi connectivity index (χ3v) is 2.70. The Bertz CT molecular complexity index is 93.4. The molecule has 0 heterocycles. The van der Waals surface area contributed by atoms with Gasteiger partial charge in [-0.2, -0.15) is 12.6 Å². The lowest BCUT2D eigenvalue weighted by atomic mass is 10.0. The van der Waals surface area contributed by atoms with Crippen LogP contribution in [0.5, 0.6) is 0 Å². The molecule has 0 radical (unpaired) electrons. The van der Waals surface area contributed by atoms with Crippen LogP contribution in [0, 0.1) is 5.92 Å². The van der Waals surface area contributed by atoms with Gasteiger partial charge < -0.3 is 5.73 Å². The van der Waals surface area contributed by atoms with E-state index in [1.54, 1.807) is 0 Å². The van der Waals surface area contributed by atoms with E-state index in [2.05, 4.69) is 19.6 Å². The van der Waals surface area contributed by atoms with Gasteiger partial charge in [0.1, 0.15) is 0 Å². The van der Waals surface area contributed by atoms with E-state index in [4.69, 9.17) is 5.73 Å². The third kappa shape index (κ3) is 2.51. The molecule has 2 heteroatoms. The Balaban J connectivity index is 2.38. The molecule has 60 valence electrons. The topological polar surface area (TPSA) is 26.0 Å². The van der Waals surface area contributed by atoms with E-state index >= 15 is 0 Å². The number of hydrogen-bond acceptors (Lipinski definition) is 2. The zero-order valence-corrected chi connectivity index (χ0v) is 7.48. The Labute approximate surface area is 68.8 Å². The molecule has 3 atom stereocenters. The van der Waals surface area contributed by atoms with Gasteiger partial charge in [-0.05, 0) is 31.6 Å². The summed E-state index contributed by atoms with van der Waals surface area (Å²) in [6.07, 6.45) is 4.83. The molecule has 1 rings (SSSR count). The fourth-order valence-electron chi connectivity index (χ4n) is 1.64. The van der Waals surface area contributed by atoms with Gasteiger partial charge in [-0.25, -0.2) is 0 Å². The van der Waals surface area contributed by atoms with Crippen molar-refractivity contribution >= 4 is 12.6 Å². The van der Waals surface area contributed by atoms with E-state index < -0.39 is 0 Å². The van der Waals surface area contributed by atoms with Crippen LogP contribution in [0.1, 0.15) is 32.6 Å². The van der Waals surface area contributed by atoms with Crippen molar-refractivity contribution in [3.05, 3.63) is 0 Å². The number of hydrogen-bond donors (Lipinski definition) is 2. The second-order valence-electron chi connectivity index (χ2n) is 3.57. The van der Waals surface area contributed by atoms with Crippen LogP contribution in [0.3, 0.4) is 0 Å². The van der Waals surface area contributed by atoms with Gasteiger partial charge in [0.15, 0.2) is 0 Å². The van der Waals surface area contributed by atoms with Crippen molar-refractivity contribution in [1.29, 1.82) is 0 Å². The molecule has 1 fully saturated rings. The lowest BCUT2D eigenvalue weighted by Gasteiger charge is -2.10. The molecular weight excluding hydrogens is 142 g/mol. The van der Waals surface area contributed by atoms with Crippen LogP contribution >= 0.6 is 12.6 Å². The molecule has 0 unspecified atom stereocenters. The van der Waals surface area contributed by atoms with Crippen LogP contribution in [0.4, 0.5) is 0 Å². The van der Waals surface area contributed by atoms with Gasteiger partial charge in [0, 0.05) is 11.3 Å². The smallest absolute Gasteiger partial charge is 0.00493 e. The zero-order valence-electron chi connectivity index (χ0n) is 6.59. The van der Waals surface area contributed by atoms with E-state index in [1.165, 1.54) is 19.3 Å². The maximum atomic E-state index is 5.84. The van der Waals surface area contributed by atoms with Gasteiger partial charge in [-0.1, -0.05) is 6.92 Å². The normalized spacial score (nSPS) is 42.9. The Hall–Kier alpha value is 0.310. The summed E-state index contributed by atoms with van der Waals surface area (Å²) >= 11 is 4.47. The first kappa shape index (κ1) is 8.41. The van der Waals surface area contributed by atoms with E-state index in [9.17, 15) is 0 Å². The van der Waals surface area contributed by atoms with E-state index in [0.29, 0.717) is 11.3 Å². The first-order valence-electron chi connectivity index (χ1n) is 4.12. The van der Waals surface area contributed by atoms with Crippen molar-refractivity contribution in [3.63, 3.8) is 0 Å². The molecule has 0 saturated heterocycles. The molecule has 0 aromatic rings. The van der Waals surface area contributed by atoms with Crippen LogP contribution in [0.2, 0.25) is 0 Å². The standard InChI is InChI=1S/C8H17NS/c1-6-2-3-7(9)5-8(10)4-6/h6-8,10H,2-5,9H2,1H3/t6-,7+,8+/m0/s1. The fourth-order valence-corrected chi connectivity index (χ4v) is 2.28. The molecule has 10 heavy (non-hydrogen) atoms. The lowest BCUT2D eigenvalue weighted by molar-refractivity contribution is 0.502. The van der Waals surface area contributed by atoms with Gasteiger partial charge in [-0.3, -0.25) is 0 Å². The predicted molar refractivity (Wildman–Crippen MR) is 48.4 cm³/mol. The minimum absolute atomic E-state index is 0.410. The monoisotopic (exact) mass is 159 g/mol. The summed E-state index contributed by atoms with van der Waals surface area (Å²) in [7, 11) is 0. The Kier molecular flexibility index (Phi) is 3.05. The number of thiol groups is 1. The summed E-state index contributed by atoms with van der Waals surface area (Å²) in [5.41, 5.74) is 5.84. The van der Waals surface area contributed by atoms with Crippen LogP contribution in [-0.2, 0) is 0 Å². The third-order valence-electron chi connectivity index (χ3n) is 2.28. The van der Waals surface area contributed by atoms with Crippen molar-refractivity contribution in [1.82, 2.24) is 0 Å². The highest BCUT2D eigenvalue weighted by molar-refractivity contribution is 7.80. The Morgan fingerprint density at radius 1 is 1.30 bits per heavy atom. The molecule has 1 saturated carbocycles. The minimum atomic E-state index is 0.410. The maximum absolute atomic E-state index is 5.84. The fraction of sp³-hybridized carbons (Fsp3) is 1.00. The largest absolute Gasteiger partial charge is 0.328 e. The van der Waals surface area contributed by atoms with Crippen molar-refractivity contribution in [2.75, 3.05) is 0 Å². The van der Waals surface area contributed by atoms with E-state index in [1.807, 2.05) is 0 Å². The van der Waals surface area contributed by atoms with Gasteiger partial charge >= 0.3 is 0 Å². The quantitative estimate of drug-likeness (QED) is 0.409. The molecule has 0 bridgehead atoms. The van der Waals surface area contributed by atoms with Crippen molar-refractivity contribution < 1.29 is 0 Å². The SMILES string of the molecule is C[C@H]1CC[C@@H](N)C[C@H](S)C1. The molecule has 1 aliphatic carbocycles. The maximum Gasteiger partial charge on any atom is 0.00493 e. The summed E-state index contributed by atoms with van der Waals surface area (Å²) in [6, 6.07) is 0.410. The molecule has 0 aliphatic heterocycles. The van der Waals surface area contributed by atoms with Gasteiger partial charge in [0.2, 0.25) is 0 Å². The van der Waals surface area contributed by atoms with Crippen LogP contribution in [0.25, 0.3) is 0 Å². The summed E-state index contributed by atoms with van der Waals surface area (Å²) in [5.74, 6) is 0.830. The molecule has 0 spiro atoms. The number of nitrogens with two attached hydrogens (primary N) is 1. The molecule has 0 aromatic heterocycles. The molecule has 0 amide bonds. The molecule has 0 aromatic carbocycles. The highest BCUT2D eigenvalue weighted by atomic mass is 32.1. The first-order chi connectivity index (χ1) is 4.68. The van der Waals surface area contributed by atoms with Crippen molar-refractivity contribution in [2.45, 2.75) is 43.9 Å². The van der Waals surface area contributed by atoms with Gasteiger partial charge in [0.05, 0.1) is 0 Å². The molecule has 2 N–H and O–H groups in total. The lowest BCUT2D eigenvalue weighted by Crippen LogP contribution is -2.21. The summed E-state index contributed by atoms with van der Waals surface area (Å²) < 4.78 is 0. The average molecular weight is 159 g/mol. The van der Waals surface area contributed by atoms with Crippen molar-refractivity contribution in [2.24, 2.45) is 11.7 Å². The number of rotatable bonds is 0. The van der Waals surface area contributed by atoms with E-state index in [-0.39, 0.29) is 0 Å². The second-order valence-corrected chi connectivity index (χ2v) is 4.30. The van der Waals surface area contributed by atoms with Crippen LogP contribution < -0.4 is 5.73 Å². The highest BCUT2D eigenvalue weighted by Gasteiger charge is 2.18. The Morgan fingerprint density at radius 3 is 2.70 bits per heavy atom. The van der Waals surface area contributed by atoms with E-state index in [0.717, 1.165) is 12.3 Å². The van der Waals surface area contributed by atoms with Gasteiger partial charge in [-0.15, -0.1) is 0 Å². The minimum Gasteiger partial charge on any atom is -0.328 e. The van der Waals surface area contributed by atoms with Crippen LogP contribution in [-0.4, -0.2) is 11.3 Å². The highest BCUT2D eigenvalue weighted by Crippen LogP contribution is 2.25. The second kappa shape index (κ2) is 3.63. The first-order valence-corrected chi connectivity index (χ1v) is 4.63. The molecule has 1 aliphatic rings. The zero-order chi connectivity index (χ0) is 7.56. The summed E-state index contributed by atoms with van der Waals surface area (Å²) in [6.45, 7) is 2.29.